The molecular weight excluding hydrogens is 304 g/mol. The van der Waals surface area contributed by atoms with Gasteiger partial charge in [0, 0.05) is 21.4 Å². The van der Waals surface area contributed by atoms with Gasteiger partial charge in [0.15, 0.2) is 0 Å². The zero-order valence-corrected chi connectivity index (χ0v) is 11.8. The number of aromatic amines is 1. The van der Waals surface area contributed by atoms with E-state index < -0.39 is 0 Å². The van der Waals surface area contributed by atoms with Crippen molar-refractivity contribution in [2.24, 2.45) is 0 Å². The molecule has 0 saturated carbocycles. The fourth-order valence-electron chi connectivity index (χ4n) is 1.96. The first-order valence-corrected chi connectivity index (χ1v) is 6.80. The Bertz CT molecular complexity index is 679. The lowest BCUT2D eigenvalue weighted by atomic mass is 10.2. The normalized spacial score (nSPS) is 10.8. The van der Waals surface area contributed by atoms with E-state index >= 15 is 0 Å². The second-order valence-corrected chi connectivity index (χ2v) is 5.19. The van der Waals surface area contributed by atoms with Crippen molar-refractivity contribution in [3.05, 3.63) is 64.8 Å². The molecule has 19 heavy (non-hydrogen) atoms. The van der Waals surface area contributed by atoms with Gasteiger partial charge in [0.25, 0.3) is 0 Å². The molecule has 0 saturated heterocycles. The van der Waals surface area contributed by atoms with Gasteiger partial charge in [-0.15, -0.1) is 0 Å². The first kappa shape index (κ1) is 12.3. The summed E-state index contributed by atoms with van der Waals surface area (Å²) in [6.45, 7) is 0.526. The first-order valence-electron chi connectivity index (χ1n) is 6.01. The third-order valence-corrected chi connectivity index (χ3v) is 3.40. The van der Waals surface area contributed by atoms with Crippen LogP contribution in [0, 0.1) is 0 Å². The Hall–Kier alpha value is -1.78. The van der Waals surface area contributed by atoms with Crippen LogP contribution >= 0.6 is 15.9 Å². The number of rotatable bonds is 4. The van der Waals surface area contributed by atoms with Gasteiger partial charge < -0.3 is 4.98 Å². The van der Waals surface area contributed by atoms with E-state index in [4.69, 9.17) is 4.84 Å². The maximum Gasteiger partial charge on any atom is 0.135 e. The number of halogens is 1. The molecule has 0 unspecified atom stereocenters. The number of nitrogens with one attached hydrogen (secondary N) is 2. The average molecular weight is 317 g/mol. The fraction of sp³-hybridized carbons (Fsp3) is 0.0667. The minimum atomic E-state index is 0.526. The van der Waals surface area contributed by atoms with Crippen molar-refractivity contribution in [3.8, 4) is 0 Å². The van der Waals surface area contributed by atoms with Crippen molar-refractivity contribution in [3.63, 3.8) is 0 Å². The van der Waals surface area contributed by atoms with E-state index in [1.807, 2.05) is 48.7 Å². The zero-order valence-electron chi connectivity index (χ0n) is 10.2. The Labute approximate surface area is 119 Å². The molecule has 1 aromatic heterocycles. The second kappa shape index (κ2) is 5.47. The summed E-state index contributed by atoms with van der Waals surface area (Å²) in [5.41, 5.74) is 4.10. The van der Waals surface area contributed by atoms with Crippen molar-refractivity contribution < 1.29 is 4.84 Å². The smallest absolute Gasteiger partial charge is 0.135 e. The molecule has 1 heterocycles. The topological polar surface area (TPSA) is 37.0 Å². The van der Waals surface area contributed by atoms with Crippen LogP contribution in [0.3, 0.4) is 0 Å². The van der Waals surface area contributed by atoms with Crippen LogP contribution in [-0.4, -0.2) is 4.98 Å². The van der Waals surface area contributed by atoms with Crippen LogP contribution in [0.15, 0.2) is 59.2 Å². The predicted octanol–water partition coefficient (Wildman–Crippen LogP) is 4.47. The van der Waals surface area contributed by atoms with Crippen LogP contribution in [0.5, 0.6) is 0 Å². The van der Waals surface area contributed by atoms with Crippen LogP contribution in [0.2, 0.25) is 0 Å². The monoisotopic (exact) mass is 316 g/mol. The minimum Gasteiger partial charge on any atom is -0.346 e. The molecule has 3 aromatic rings. The summed E-state index contributed by atoms with van der Waals surface area (Å²) in [6.07, 6.45) is 1.95. The molecule has 0 radical (unpaired) electrons. The van der Waals surface area contributed by atoms with Crippen molar-refractivity contribution in [1.82, 2.24) is 4.98 Å². The maximum atomic E-state index is 5.51. The first-order chi connectivity index (χ1) is 9.33. The van der Waals surface area contributed by atoms with Gasteiger partial charge in [-0.1, -0.05) is 46.3 Å². The number of fused-ring (bicyclic) bond motifs is 1. The zero-order chi connectivity index (χ0) is 13.1. The van der Waals surface area contributed by atoms with E-state index in [0.29, 0.717) is 6.61 Å². The molecule has 0 aliphatic heterocycles. The third-order valence-electron chi connectivity index (χ3n) is 2.91. The van der Waals surface area contributed by atoms with Gasteiger partial charge in [-0.3, -0.25) is 4.84 Å². The van der Waals surface area contributed by atoms with Gasteiger partial charge in [0.1, 0.15) is 5.82 Å². The van der Waals surface area contributed by atoms with Crippen molar-refractivity contribution in [2.75, 3.05) is 5.48 Å². The van der Waals surface area contributed by atoms with Gasteiger partial charge in [-0.2, -0.15) is 0 Å². The highest BCUT2D eigenvalue weighted by molar-refractivity contribution is 9.10. The Morgan fingerprint density at radius 2 is 1.95 bits per heavy atom. The summed E-state index contributed by atoms with van der Waals surface area (Å²) < 4.78 is 1.07. The van der Waals surface area contributed by atoms with Crippen molar-refractivity contribution >= 4 is 32.5 Å². The third kappa shape index (κ3) is 2.80. The number of hydrogen-bond donors (Lipinski definition) is 2. The van der Waals surface area contributed by atoms with Gasteiger partial charge in [-0.05, 0) is 23.8 Å². The maximum absolute atomic E-state index is 5.51. The summed E-state index contributed by atoms with van der Waals surface area (Å²) in [5, 5.41) is 2.25. The van der Waals surface area contributed by atoms with Crippen molar-refractivity contribution in [2.45, 2.75) is 6.61 Å². The van der Waals surface area contributed by atoms with Crippen LogP contribution < -0.4 is 5.48 Å². The van der Waals surface area contributed by atoms with E-state index in [1.54, 1.807) is 0 Å². The van der Waals surface area contributed by atoms with Gasteiger partial charge >= 0.3 is 0 Å². The molecule has 0 spiro atoms. The highest BCUT2D eigenvalue weighted by Crippen LogP contribution is 2.25. The summed E-state index contributed by atoms with van der Waals surface area (Å²) in [6, 6.07) is 16.2. The van der Waals surface area contributed by atoms with E-state index in [-0.39, 0.29) is 0 Å². The molecule has 0 fully saturated rings. The molecule has 3 nitrogen and oxygen atoms in total. The fourth-order valence-corrected chi connectivity index (χ4v) is 2.34. The Morgan fingerprint density at radius 1 is 1.11 bits per heavy atom. The predicted molar refractivity (Wildman–Crippen MR) is 80.9 cm³/mol. The molecule has 0 aliphatic carbocycles. The summed E-state index contributed by atoms with van der Waals surface area (Å²) in [5.74, 6) is 0.874. The Balaban J connectivity index is 1.69. The minimum absolute atomic E-state index is 0.526. The van der Waals surface area contributed by atoms with Gasteiger partial charge in [-0.25, -0.2) is 5.48 Å². The van der Waals surface area contributed by atoms with E-state index in [1.165, 1.54) is 0 Å². The number of hydrogen-bond acceptors (Lipinski definition) is 2. The van der Waals surface area contributed by atoms with E-state index in [9.17, 15) is 0 Å². The summed E-state index contributed by atoms with van der Waals surface area (Å²) >= 11 is 3.46. The molecule has 0 aliphatic rings. The van der Waals surface area contributed by atoms with Crippen LogP contribution in [0.25, 0.3) is 10.8 Å². The molecule has 3 rings (SSSR count). The number of benzene rings is 2. The van der Waals surface area contributed by atoms with E-state index in [0.717, 1.165) is 26.6 Å². The lowest BCUT2D eigenvalue weighted by Gasteiger charge is -2.06. The quantitative estimate of drug-likeness (QED) is 0.697. The van der Waals surface area contributed by atoms with Crippen molar-refractivity contribution in [1.29, 1.82) is 0 Å². The molecule has 2 aromatic carbocycles. The highest BCUT2D eigenvalue weighted by atomic mass is 79.9. The van der Waals surface area contributed by atoms with Gasteiger partial charge in [0.2, 0.25) is 0 Å². The lowest BCUT2D eigenvalue weighted by molar-refractivity contribution is 0.179. The molecular formula is C15H13BrN2O. The Kier molecular flexibility index (Phi) is 3.53. The van der Waals surface area contributed by atoms with Crippen LogP contribution in [0.1, 0.15) is 5.56 Å². The standard InChI is InChI=1S/C15H13BrN2O/c16-13-6-7-14-12(8-13)9-17-15(14)18-19-10-11-4-2-1-3-5-11/h1-9,17-18H,10H2. The lowest BCUT2D eigenvalue weighted by Crippen LogP contribution is -2.01. The SMILES string of the molecule is Brc1ccc2c(NOCc3ccccc3)[nH]cc2c1. The van der Waals surface area contributed by atoms with E-state index in [2.05, 4.69) is 32.5 Å². The molecule has 96 valence electrons. The van der Waals surface area contributed by atoms with Gasteiger partial charge in [0.05, 0.1) is 6.61 Å². The highest BCUT2D eigenvalue weighted by Gasteiger charge is 2.03. The summed E-state index contributed by atoms with van der Waals surface area (Å²) in [7, 11) is 0. The van der Waals surface area contributed by atoms with Crippen LogP contribution in [0.4, 0.5) is 5.82 Å². The molecule has 0 bridgehead atoms. The molecule has 0 amide bonds. The number of aromatic nitrogens is 1. The average Bonchev–Trinajstić information content (AvgIpc) is 2.82. The second-order valence-electron chi connectivity index (χ2n) is 4.27. The summed E-state index contributed by atoms with van der Waals surface area (Å²) in [4.78, 5) is 8.68. The number of anilines is 1. The Morgan fingerprint density at radius 3 is 2.79 bits per heavy atom. The molecule has 2 N–H and O–H groups in total. The van der Waals surface area contributed by atoms with Crippen LogP contribution in [-0.2, 0) is 11.4 Å². The molecule has 4 heteroatoms. The number of H-pyrrole nitrogens is 1. The molecule has 0 atom stereocenters. The largest absolute Gasteiger partial charge is 0.346 e.